The van der Waals surface area contributed by atoms with Crippen molar-refractivity contribution in [3.63, 3.8) is 0 Å². The molecule has 4 heteroatoms. The van der Waals surface area contributed by atoms with Crippen molar-refractivity contribution in [2.75, 3.05) is 0 Å². The van der Waals surface area contributed by atoms with E-state index >= 15 is 0 Å². The molecule has 0 spiro atoms. The van der Waals surface area contributed by atoms with Crippen molar-refractivity contribution < 1.29 is 14.4 Å². The van der Waals surface area contributed by atoms with Crippen molar-refractivity contribution in [1.29, 1.82) is 0 Å². The van der Waals surface area contributed by atoms with Crippen LogP contribution in [0.5, 0.6) is 0 Å². The summed E-state index contributed by atoms with van der Waals surface area (Å²) in [6.07, 6.45) is 5.11. The molecule has 4 atom stereocenters. The van der Waals surface area contributed by atoms with Gasteiger partial charge in [0.25, 0.3) is 0 Å². The topological polar surface area (TPSA) is 55.7 Å². The van der Waals surface area contributed by atoms with Crippen molar-refractivity contribution in [2.24, 2.45) is 38.1 Å². The van der Waals surface area contributed by atoms with Gasteiger partial charge in [-0.1, -0.05) is 46.7 Å². The van der Waals surface area contributed by atoms with Gasteiger partial charge in [0.05, 0.1) is 11.1 Å². The van der Waals surface area contributed by atoms with Gasteiger partial charge in [-0.3, -0.25) is 4.79 Å². The van der Waals surface area contributed by atoms with E-state index in [-0.39, 0.29) is 28.0 Å². The van der Waals surface area contributed by atoms with Crippen LogP contribution in [0.4, 0.5) is 0 Å². The number of hydrogen-bond donors (Lipinski definition) is 0. The largest absolute Gasteiger partial charge is 0.342 e. The number of oxime groups is 1. The van der Waals surface area contributed by atoms with E-state index in [4.69, 9.17) is 4.84 Å². The van der Waals surface area contributed by atoms with Crippen LogP contribution >= 0.6 is 0 Å². The van der Waals surface area contributed by atoms with Gasteiger partial charge >= 0.3 is 5.97 Å². The summed E-state index contributed by atoms with van der Waals surface area (Å²) in [4.78, 5) is 31.2. The Morgan fingerprint density at radius 3 is 2.16 bits per heavy atom. The van der Waals surface area contributed by atoms with Crippen LogP contribution in [0, 0.1) is 33.0 Å². The van der Waals surface area contributed by atoms with Gasteiger partial charge in [-0.2, -0.15) is 0 Å². The normalized spacial score (nSPS) is 47.7. The van der Waals surface area contributed by atoms with Crippen molar-refractivity contribution in [3.8, 4) is 0 Å². The Morgan fingerprint density at radius 2 is 1.72 bits per heavy atom. The molecule has 4 nitrogen and oxygen atoms in total. The van der Waals surface area contributed by atoms with Crippen molar-refractivity contribution in [1.82, 2.24) is 0 Å². The van der Waals surface area contributed by atoms with Crippen LogP contribution in [0.2, 0.25) is 0 Å². The predicted octanol–water partition coefficient (Wildman–Crippen LogP) is 4.52. The summed E-state index contributed by atoms with van der Waals surface area (Å²) in [5.74, 6) is 0.553. The molecular formula is C21H31NO3. The first-order chi connectivity index (χ1) is 11.4. The number of hydrogen-bond acceptors (Lipinski definition) is 4. The van der Waals surface area contributed by atoms with Gasteiger partial charge < -0.3 is 4.84 Å². The van der Waals surface area contributed by atoms with E-state index in [1.165, 1.54) is 6.42 Å². The molecule has 4 aliphatic carbocycles. The molecule has 0 amide bonds. The van der Waals surface area contributed by atoms with E-state index in [1.807, 2.05) is 6.92 Å². The minimum atomic E-state index is -0.697. The minimum absolute atomic E-state index is 0.0286. The average molecular weight is 345 g/mol. The lowest BCUT2D eigenvalue weighted by Crippen LogP contribution is -2.41. The zero-order valence-electron chi connectivity index (χ0n) is 16.5. The Hall–Kier alpha value is -1.19. The van der Waals surface area contributed by atoms with Gasteiger partial charge in [-0.25, -0.2) is 4.79 Å². The fourth-order valence-corrected chi connectivity index (χ4v) is 6.56. The Balaban J connectivity index is 1.60. The van der Waals surface area contributed by atoms with E-state index in [0.717, 1.165) is 31.4 Å². The van der Waals surface area contributed by atoms with Gasteiger partial charge in [-0.05, 0) is 48.9 Å². The maximum atomic E-state index is 13.1. The van der Waals surface area contributed by atoms with Crippen molar-refractivity contribution >= 4 is 17.5 Å². The summed E-state index contributed by atoms with van der Waals surface area (Å²) in [6, 6.07) is 0. The summed E-state index contributed by atoms with van der Waals surface area (Å²) in [5, 5.41) is 4.40. The van der Waals surface area contributed by atoms with Gasteiger partial charge in [0.15, 0.2) is 0 Å². The zero-order valence-corrected chi connectivity index (χ0v) is 16.5. The molecule has 0 aromatic rings. The molecule has 4 fully saturated rings. The van der Waals surface area contributed by atoms with Gasteiger partial charge in [0.1, 0.15) is 5.78 Å². The Bertz CT molecular complexity index is 706. The highest BCUT2D eigenvalue weighted by molar-refractivity contribution is 5.98. The standard InChI is InChI=1S/C21H31NO3/c1-17(2)13-7-8-19(17,5)14(11-13)22-25-16(24)21-10-9-20(6,15(23)12-21)18(21,3)4/h13H,7-12H2,1-6H3/b22-14-/t13-,19+,20-,21+/m1/s1. The van der Waals surface area contributed by atoms with E-state index in [0.29, 0.717) is 12.3 Å². The molecule has 0 aromatic heterocycles. The Labute approximate surface area is 150 Å². The third-order valence-electron chi connectivity index (χ3n) is 9.85. The fourth-order valence-electron chi connectivity index (χ4n) is 6.56. The molecule has 0 saturated heterocycles. The highest BCUT2D eigenvalue weighted by Gasteiger charge is 2.73. The number of ketones is 1. The van der Waals surface area contributed by atoms with Crippen LogP contribution in [0.15, 0.2) is 5.16 Å². The minimum Gasteiger partial charge on any atom is -0.318 e. The van der Waals surface area contributed by atoms with E-state index < -0.39 is 10.8 Å². The highest BCUT2D eigenvalue weighted by Crippen LogP contribution is 2.71. The maximum Gasteiger partial charge on any atom is 0.342 e. The van der Waals surface area contributed by atoms with Gasteiger partial charge in [0.2, 0.25) is 0 Å². The second kappa shape index (κ2) is 4.55. The van der Waals surface area contributed by atoms with E-state index in [1.54, 1.807) is 0 Å². The summed E-state index contributed by atoms with van der Waals surface area (Å²) < 4.78 is 0. The number of rotatable bonds is 2. The lowest BCUT2D eigenvalue weighted by Gasteiger charge is -2.37. The summed E-state index contributed by atoms with van der Waals surface area (Å²) in [5.41, 5.74) is -0.185. The average Bonchev–Trinajstić information content (AvgIpc) is 3.02. The Morgan fingerprint density at radius 1 is 1.04 bits per heavy atom. The van der Waals surface area contributed by atoms with Crippen LogP contribution in [0.25, 0.3) is 0 Å². The smallest absolute Gasteiger partial charge is 0.318 e. The predicted molar refractivity (Wildman–Crippen MR) is 95.9 cm³/mol. The van der Waals surface area contributed by atoms with Crippen LogP contribution < -0.4 is 0 Å². The summed E-state index contributed by atoms with van der Waals surface area (Å²) in [6.45, 7) is 13.0. The zero-order chi connectivity index (χ0) is 18.5. The van der Waals surface area contributed by atoms with Crippen LogP contribution in [0.3, 0.4) is 0 Å². The molecule has 0 heterocycles. The molecule has 0 radical (unpaired) electrons. The van der Waals surface area contributed by atoms with Gasteiger partial charge in [0, 0.05) is 17.3 Å². The third kappa shape index (κ3) is 1.67. The first kappa shape index (κ1) is 17.2. The maximum absolute atomic E-state index is 13.1. The van der Waals surface area contributed by atoms with Crippen molar-refractivity contribution in [3.05, 3.63) is 0 Å². The van der Waals surface area contributed by atoms with Crippen LogP contribution in [-0.4, -0.2) is 17.5 Å². The van der Waals surface area contributed by atoms with Crippen molar-refractivity contribution in [2.45, 2.75) is 80.1 Å². The molecule has 25 heavy (non-hydrogen) atoms. The van der Waals surface area contributed by atoms with Crippen LogP contribution in [0.1, 0.15) is 80.1 Å². The number of nitrogens with zero attached hydrogens (tertiary/aromatic N) is 1. The number of carbonyl (C=O) groups is 2. The molecule has 4 rings (SSSR count). The lowest BCUT2D eigenvalue weighted by molar-refractivity contribution is -0.162. The molecule has 4 aliphatic rings. The first-order valence-electron chi connectivity index (χ1n) is 9.75. The van der Waals surface area contributed by atoms with Crippen LogP contribution in [-0.2, 0) is 14.4 Å². The SMILES string of the molecule is CC1(C)[C@@H]2CC[C@@]1(C)/C(=N\OC(=O)[C@]13CC[C@](C)(C(=O)C1)C3(C)C)C2. The summed E-state index contributed by atoms with van der Waals surface area (Å²) >= 11 is 0. The lowest BCUT2D eigenvalue weighted by atomic mass is 9.65. The molecule has 0 aromatic carbocycles. The number of Topliss-reactive ketones (excluding diaryl/α,β-unsaturated/α-hetero) is 1. The van der Waals surface area contributed by atoms with E-state index in [2.05, 4.69) is 39.8 Å². The van der Waals surface area contributed by atoms with E-state index in [9.17, 15) is 9.59 Å². The second-order valence-electron chi connectivity index (χ2n) is 10.5. The monoisotopic (exact) mass is 345 g/mol. The fraction of sp³-hybridized carbons (Fsp3) is 0.857. The second-order valence-corrected chi connectivity index (χ2v) is 10.5. The quantitative estimate of drug-likeness (QED) is 0.546. The molecule has 0 unspecified atom stereocenters. The third-order valence-corrected chi connectivity index (χ3v) is 9.85. The molecule has 4 saturated carbocycles. The van der Waals surface area contributed by atoms with Gasteiger partial charge in [-0.15, -0.1) is 0 Å². The summed E-state index contributed by atoms with van der Waals surface area (Å²) in [7, 11) is 0. The molecule has 0 N–H and O–H groups in total. The molecular weight excluding hydrogens is 314 g/mol. The molecule has 4 bridgehead atoms. The number of carbonyl (C=O) groups excluding carboxylic acids is 2. The molecule has 138 valence electrons. The highest BCUT2D eigenvalue weighted by atomic mass is 16.7. The Kier molecular flexibility index (Phi) is 3.14. The molecule has 0 aliphatic heterocycles. The first-order valence-corrected chi connectivity index (χ1v) is 9.75. The number of fused-ring (bicyclic) bond motifs is 4.